The van der Waals surface area contributed by atoms with Crippen LogP contribution in [-0.4, -0.2) is 31.0 Å². The van der Waals surface area contributed by atoms with Gasteiger partial charge >= 0.3 is 0 Å². The summed E-state index contributed by atoms with van der Waals surface area (Å²) in [6.45, 7) is 0.239. The molecule has 0 saturated carbocycles. The van der Waals surface area contributed by atoms with Gasteiger partial charge < -0.3 is 4.90 Å². The van der Waals surface area contributed by atoms with Crippen LogP contribution in [0, 0.1) is 17.1 Å². The normalized spacial score (nSPS) is 16.6. The van der Waals surface area contributed by atoms with Crippen molar-refractivity contribution in [1.29, 1.82) is 5.26 Å². The number of allylic oxidation sites excluding steroid dienone is 1. The van der Waals surface area contributed by atoms with Gasteiger partial charge in [0, 0.05) is 6.54 Å². The van der Waals surface area contributed by atoms with Crippen LogP contribution in [0.5, 0.6) is 0 Å². The van der Waals surface area contributed by atoms with Crippen LogP contribution in [0.4, 0.5) is 4.39 Å². The third-order valence-electron chi connectivity index (χ3n) is 5.58. The van der Waals surface area contributed by atoms with Crippen LogP contribution in [0.25, 0.3) is 11.1 Å². The molecule has 0 aliphatic carbocycles. The Balaban J connectivity index is 1.56. The van der Waals surface area contributed by atoms with E-state index >= 15 is 0 Å². The second-order valence-corrected chi connectivity index (χ2v) is 9.88. The fraction of sp³-hybridized carbons (Fsp3) is 0.154. The lowest BCUT2D eigenvalue weighted by Gasteiger charge is -2.28. The Morgan fingerprint density at radius 3 is 2.12 bits per heavy atom. The van der Waals surface area contributed by atoms with E-state index in [9.17, 15) is 22.9 Å². The average Bonchev–Trinajstić information content (AvgIpc) is 3.13. The molecule has 1 aliphatic rings. The van der Waals surface area contributed by atoms with Crippen LogP contribution in [0.1, 0.15) is 11.1 Å². The minimum absolute atomic E-state index is 0.0861. The van der Waals surface area contributed by atoms with Crippen LogP contribution < -0.4 is 0 Å². The van der Waals surface area contributed by atoms with Crippen LogP contribution in [0.2, 0.25) is 0 Å². The highest BCUT2D eigenvalue weighted by Crippen LogP contribution is 2.25. The number of hydrogen-bond donors (Lipinski definition) is 0. The Morgan fingerprint density at radius 2 is 1.55 bits per heavy atom. The fourth-order valence-corrected chi connectivity index (χ4v) is 5.24. The Labute approximate surface area is 192 Å². The van der Waals surface area contributed by atoms with Crippen molar-refractivity contribution in [3.05, 3.63) is 107 Å². The number of nitriles is 1. The highest BCUT2D eigenvalue weighted by molar-refractivity contribution is 7.95. The molecule has 3 aromatic carbocycles. The standard InChI is InChI=1S/C26H21FN2O3S/c27-23-12-10-22(11-13-23)21-8-6-19(7-9-21)14-26(30)29(17-20-4-2-1-3-5-20)24-15-25(16-28)33(31,32)18-24/h1-13,15,24H,14,17-18H2. The predicted molar refractivity (Wildman–Crippen MR) is 124 cm³/mol. The summed E-state index contributed by atoms with van der Waals surface area (Å²) in [7, 11) is -3.69. The van der Waals surface area contributed by atoms with Gasteiger partial charge in [-0.3, -0.25) is 4.79 Å². The summed E-state index contributed by atoms with van der Waals surface area (Å²) in [5.74, 6) is -0.830. The number of rotatable bonds is 6. The van der Waals surface area contributed by atoms with Gasteiger partial charge in [0.15, 0.2) is 9.84 Å². The van der Waals surface area contributed by atoms with Crippen LogP contribution in [-0.2, 0) is 27.6 Å². The van der Waals surface area contributed by atoms with Gasteiger partial charge in [-0.2, -0.15) is 5.26 Å². The van der Waals surface area contributed by atoms with Crippen molar-refractivity contribution in [2.45, 2.75) is 19.0 Å². The van der Waals surface area contributed by atoms with Crippen molar-refractivity contribution in [3.8, 4) is 17.2 Å². The van der Waals surface area contributed by atoms with E-state index < -0.39 is 15.9 Å². The zero-order valence-electron chi connectivity index (χ0n) is 17.7. The molecule has 0 aromatic heterocycles. The Bertz CT molecular complexity index is 1330. The van der Waals surface area contributed by atoms with E-state index in [-0.39, 0.29) is 35.3 Å². The van der Waals surface area contributed by atoms with Crippen molar-refractivity contribution in [1.82, 2.24) is 4.90 Å². The van der Waals surface area contributed by atoms with Crippen molar-refractivity contribution < 1.29 is 17.6 Å². The summed E-state index contributed by atoms with van der Waals surface area (Å²) >= 11 is 0. The SMILES string of the molecule is N#CC1=CC(N(Cc2ccccc2)C(=O)Cc2ccc(-c3ccc(F)cc3)cc2)CS1(=O)=O. The molecule has 5 nitrogen and oxygen atoms in total. The second-order valence-electron chi connectivity index (χ2n) is 7.88. The van der Waals surface area contributed by atoms with Gasteiger partial charge in [0.05, 0.1) is 18.2 Å². The van der Waals surface area contributed by atoms with E-state index in [1.54, 1.807) is 18.2 Å². The number of carbonyl (C=O) groups is 1. The van der Waals surface area contributed by atoms with Gasteiger partial charge in [-0.15, -0.1) is 0 Å². The summed E-state index contributed by atoms with van der Waals surface area (Å²) in [4.78, 5) is 14.5. The lowest BCUT2D eigenvalue weighted by atomic mass is 10.0. The van der Waals surface area contributed by atoms with Gasteiger partial charge in [-0.1, -0.05) is 66.7 Å². The smallest absolute Gasteiger partial charge is 0.227 e. The summed E-state index contributed by atoms with van der Waals surface area (Å²) in [6, 6.07) is 23.9. The highest BCUT2D eigenvalue weighted by atomic mass is 32.2. The molecule has 0 radical (unpaired) electrons. The number of halogens is 1. The van der Waals surface area contributed by atoms with Crippen LogP contribution >= 0.6 is 0 Å². The van der Waals surface area contributed by atoms with Crippen molar-refractivity contribution in [2.24, 2.45) is 0 Å². The molecule has 1 aliphatic heterocycles. The molecule has 3 aromatic rings. The number of carbonyl (C=O) groups excluding carboxylic acids is 1. The molecular weight excluding hydrogens is 439 g/mol. The van der Waals surface area contributed by atoms with E-state index in [2.05, 4.69) is 0 Å². The molecule has 1 amide bonds. The van der Waals surface area contributed by atoms with E-state index in [0.717, 1.165) is 22.3 Å². The van der Waals surface area contributed by atoms with E-state index in [1.165, 1.54) is 23.1 Å². The topological polar surface area (TPSA) is 78.2 Å². The maximum atomic E-state index is 13.3. The molecular formula is C26H21FN2O3S. The molecule has 0 bridgehead atoms. The highest BCUT2D eigenvalue weighted by Gasteiger charge is 2.35. The Hall–Kier alpha value is -3.76. The molecule has 0 N–H and O–H groups in total. The van der Waals surface area contributed by atoms with Crippen LogP contribution in [0.3, 0.4) is 0 Å². The molecule has 33 heavy (non-hydrogen) atoms. The maximum absolute atomic E-state index is 13.3. The van der Waals surface area contributed by atoms with Crippen molar-refractivity contribution >= 4 is 15.7 Å². The minimum Gasteiger partial charge on any atom is -0.331 e. The van der Waals surface area contributed by atoms with Gasteiger partial charge in [-0.05, 0) is 40.5 Å². The molecule has 166 valence electrons. The van der Waals surface area contributed by atoms with Gasteiger partial charge in [0.1, 0.15) is 16.8 Å². The lowest BCUT2D eigenvalue weighted by Crippen LogP contribution is -2.41. The number of nitrogens with zero attached hydrogens (tertiary/aromatic N) is 2. The third-order valence-corrected chi connectivity index (χ3v) is 7.26. The fourth-order valence-electron chi connectivity index (χ4n) is 3.83. The van der Waals surface area contributed by atoms with E-state index in [1.807, 2.05) is 54.6 Å². The first kappa shape index (κ1) is 22.4. The Morgan fingerprint density at radius 1 is 0.939 bits per heavy atom. The third kappa shape index (κ3) is 5.18. The first-order chi connectivity index (χ1) is 15.9. The summed E-state index contributed by atoms with van der Waals surface area (Å²) in [5, 5.41) is 9.18. The first-order valence-corrected chi connectivity index (χ1v) is 12.0. The number of benzene rings is 3. The maximum Gasteiger partial charge on any atom is 0.227 e. The van der Waals surface area contributed by atoms with E-state index in [4.69, 9.17) is 0 Å². The van der Waals surface area contributed by atoms with Gasteiger partial charge in [-0.25, -0.2) is 12.8 Å². The molecule has 4 rings (SSSR count). The zero-order chi connectivity index (χ0) is 23.4. The summed E-state index contributed by atoms with van der Waals surface area (Å²) < 4.78 is 37.7. The Kier molecular flexibility index (Phi) is 6.38. The molecule has 7 heteroatoms. The van der Waals surface area contributed by atoms with Gasteiger partial charge in [0.2, 0.25) is 5.91 Å². The monoisotopic (exact) mass is 460 g/mol. The number of hydrogen-bond acceptors (Lipinski definition) is 4. The number of sulfone groups is 1. The molecule has 1 unspecified atom stereocenters. The van der Waals surface area contributed by atoms with Gasteiger partial charge in [0.25, 0.3) is 0 Å². The minimum atomic E-state index is -3.69. The van der Waals surface area contributed by atoms with Crippen molar-refractivity contribution in [2.75, 3.05) is 5.75 Å². The average molecular weight is 461 g/mol. The molecule has 1 heterocycles. The second kappa shape index (κ2) is 9.39. The zero-order valence-corrected chi connectivity index (χ0v) is 18.5. The molecule has 0 spiro atoms. The quantitative estimate of drug-likeness (QED) is 0.550. The molecule has 0 fully saturated rings. The molecule has 0 saturated heterocycles. The largest absolute Gasteiger partial charge is 0.331 e. The predicted octanol–water partition coefficient (Wildman–Crippen LogP) is 4.27. The first-order valence-electron chi connectivity index (χ1n) is 10.4. The lowest BCUT2D eigenvalue weighted by molar-refractivity contribution is -0.132. The van der Waals surface area contributed by atoms with Crippen molar-refractivity contribution in [3.63, 3.8) is 0 Å². The van der Waals surface area contributed by atoms with Crippen LogP contribution in [0.15, 0.2) is 89.8 Å². The number of amides is 1. The summed E-state index contributed by atoms with van der Waals surface area (Å²) in [6.07, 6.45) is 1.45. The van der Waals surface area contributed by atoms with E-state index in [0.29, 0.717) is 0 Å². The molecule has 1 atom stereocenters. The summed E-state index contributed by atoms with van der Waals surface area (Å²) in [5.41, 5.74) is 3.41.